The summed E-state index contributed by atoms with van der Waals surface area (Å²) in [7, 11) is 2.09. The first-order chi connectivity index (χ1) is 13.2. The summed E-state index contributed by atoms with van der Waals surface area (Å²) in [5, 5.41) is 1.24. The van der Waals surface area contributed by atoms with Crippen molar-refractivity contribution in [3.63, 3.8) is 0 Å². The molecule has 27 heavy (non-hydrogen) atoms. The van der Waals surface area contributed by atoms with Gasteiger partial charge in [0.05, 0.1) is 6.04 Å². The summed E-state index contributed by atoms with van der Waals surface area (Å²) in [6.45, 7) is 3.06. The lowest BCUT2D eigenvalue weighted by Gasteiger charge is -2.25. The van der Waals surface area contributed by atoms with E-state index in [0.717, 1.165) is 24.1 Å². The summed E-state index contributed by atoms with van der Waals surface area (Å²) in [5.74, 6) is 0.180. The fourth-order valence-corrected chi connectivity index (χ4v) is 4.41. The lowest BCUT2D eigenvalue weighted by molar-refractivity contribution is 0.0747. The smallest absolute Gasteiger partial charge is 0.255 e. The molecule has 3 aromatic rings. The van der Waals surface area contributed by atoms with Gasteiger partial charge in [-0.25, -0.2) is 0 Å². The van der Waals surface area contributed by atoms with Gasteiger partial charge in [-0.05, 0) is 24.1 Å². The molecule has 0 N–H and O–H groups in total. The van der Waals surface area contributed by atoms with E-state index in [4.69, 9.17) is 0 Å². The first kappa shape index (κ1) is 17.8. The summed E-state index contributed by atoms with van der Waals surface area (Å²) >= 11 is 0. The van der Waals surface area contributed by atoms with Gasteiger partial charge in [0, 0.05) is 41.8 Å². The number of aromatic nitrogens is 1. The molecule has 2 aromatic carbocycles. The molecule has 0 aliphatic carbocycles. The van der Waals surface area contributed by atoms with E-state index in [9.17, 15) is 4.79 Å². The minimum absolute atomic E-state index is 0.0194. The normalized spacial score (nSPS) is 16.3. The maximum Gasteiger partial charge on any atom is 0.255 e. The van der Waals surface area contributed by atoms with E-state index in [0.29, 0.717) is 0 Å². The second-order valence-corrected chi connectivity index (χ2v) is 7.62. The molecule has 1 unspecified atom stereocenters. The highest BCUT2D eigenvalue weighted by atomic mass is 16.2. The van der Waals surface area contributed by atoms with E-state index in [1.807, 2.05) is 12.1 Å². The number of benzene rings is 2. The van der Waals surface area contributed by atoms with Gasteiger partial charge < -0.3 is 9.47 Å². The molecule has 1 amide bonds. The average molecular weight is 361 g/mol. The lowest BCUT2D eigenvalue weighted by Crippen LogP contribution is -2.29. The van der Waals surface area contributed by atoms with Crippen LogP contribution in [0.5, 0.6) is 0 Å². The molecule has 140 valence electrons. The molecule has 1 atom stereocenters. The van der Waals surface area contributed by atoms with Crippen LogP contribution in [-0.4, -0.2) is 21.9 Å². The fourth-order valence-electron chi connectivity index (χ4n) is 4.41. The lowest BCUT2D eigenvalue weighted by atomic mass is 9.97. The van der Waals surface area contributed by atoms with E-state index in [1.165, 1.54) is 42.1 Å². The number of hydrogen-bond acceptors (Lipinski definition) is 1. The number of carbonyl (C=O) groups is 1. The van der Waals surface area contributed by atoms with Crippen molar-refractivity contribution < 1.29 is 4.79 Å². The van der Waals surface area contributed by atoms with E-state index < -0.39 is 0 Å². The number of hydrogen-bond donors (Lipinski definition) is 0. The molecule has 0 fully saturated rings. The van der Waals surface area contributed by atoms with Gasteiger partial charge in [0.25, 0.3) is 5.91 Å². The summed E-state index contributed by atoms with van der Waals surface area (Å²) in [5.41, 5.74) is 4.46. The second-order valence-electron chi connectivity index (χ2n) is 7.62. The zero-order chi connectivity index (χ0) is 18.8. The topological polar surface area (TPSA) is 25.2 Å². The van der Waals surface area contributed by atoms with Gasteiger partial charge in [-0.2, -0.15) is 0 Å². The van der Waals surface area contributed by atoms with E-state index in [-0.39, 0.29) is 11.9 Å². The quantitative estimate of drug-likeness (QED) is 0.497. The Hall–Kier alpha value is -2.55. The van der Waals surface area contributed by atoms with Crippen molar-refractivity contribution in [1.29, 1.82) is 0 Å². The van der Waals surface area contributed by atoms with Crippen LogP contribution in [0.4, 0.5) is 0 Å². The number of carbonyl (C=O) groups excluding carboxylic acids is 1. The highest BCUT2D eigenvalue weighted by Gasteiger charge is 2.38. The van der Waals surface area contributed by atoms with Gasteiger partial charge in [-0.15, -0.1) is 0 Å². The molecule has 1 aliphatic rings. The highest BCUT2D eigenvalue weighted by Crippen LogP contribution is 2.41. The molecule has 3 nitrogen and oxygen atoms in total. The van der Waals surface area contributed by atoms with E-state index in [2.05, 4.69) is 66.0 Å². The number of para-hydroxylation sites is 1. The van der Waals surface area contributed by atoms with Crippen LogP contribution >= 0.6 is 0 Å². The SMILES string of the molecule is CCCCCCCN1C(=O)c2ccccc2C1c1cn(C)c2ccccc12. The van der Waals surface area contributed by atoms with Crippen LogP contribution in [0.2, 0.25) is 0 Å². The molecular formula is C24H28N2O. The molecular weight excluding hydrogens is 332 g/mol. The van der Waals surface area contributed by atoms with Gasteiger partial charge in [0.1, 0.15) is 0 Å². The Bertz CT molecular complexity index is 956. The average Bonchev–Trinajstić information content (AvgIpc) is 3.17. The Kier molecular flexibility index (Phi) is 5.02. The van der Waals surface area contributed by atoms with Crippen molar-refractivity contribution in [1.82, 2.24) is 9.47 Å². The maximum absolute atomic E-state index is 13.2. The van der Waals surface area contributed by atoms with Gasteiger partial charge in [0.2, 0.25) is 0 Å². The number of fused-ring (bicyclic) bond motifs is 2. The van der Waals surface area contributed by atoms with E-state index in [1.54, 1.807) is 0 Å². The van der Waals surface area contributed by atoms with Crippen LogP contribution in [0.3, 0.4) is 0 Å². The highest BCUT2D eigenvalue weighted by molar-refractivity contribution is 6.00. The van der Waals surface area contributed by atoms with Crippen LogP contribution in [-0.2, 0) is 7.05 Å². The van der Waals surface area contributed by atoms with Crippen molar-refractivity contribution in [2.24, 2.45) is 7.05 Å². The summed E-state index contributed by atoms with van der Waals surface area (Å²) in [4.78, 5) is 15.3. The fraction of sp³-hybridized carbons (Fsp3) is 0.375. The molecule has 2 heterocycles. The molecule has 0 spiro atoms. The summed E-state index contributed by atoms with van der Waals surface area (Å²) in [6, 6.07) is 16.6. The zero-order valence-electron chi connectivity index (χ0n) is 16.3. The largest absolute Gasteiger partial charge is 0.350 e. The Labute approximate surface area is 161 Å². The molecule has 1 aromatic heterocycles. The summed E-state index contributed by atoms with van der Waals surface area (Å²) in [6.07, 6.45) is 8.24. The third-order valence-corrected chi connectivity index (χ3v) is 5.78. The molecule has 0 radical (unpaired) electrons. The number of nitrogens with zero attached hydrogens (tertiary/aromatic N) is 2. The minimum Gasteiger partial charge on any atom is -0.350 e. The van der Waals surface area contributed by atoms with Gasteiger partial charge >= 0.3 is 0 Å². The van der Waals surface area contributed by atoms with Crippen LogP contribution in [0.25, 0.3) is 10.9 Å². The molecule has 4 rings (SSSR count). The van der Waals surface area contributed by atoms with Crippen molar-refractivity contribution in [3.05, 3.63) is 71.4 Å². The standard InChI is InChI=1S/C24H28N2O/c1-3-4-5-6-11-16-26-23(19-13-7-8-14-20(19)24(26)27)21-17-25(2)22-15-10-9-12-18(21)22/h7-10,12-15,17,23H,3-6,11,16H2,1-2H3. The number of amides is 1. The van der Waals surface area contributed by atoms with Crippen LogP contribution in [0.15, 0.2) is 54.7 Å². The van der Waals surface area contributed by atoms with Gasteiger partial charge in [0.15, 0.2) is 0 Å². The Morgan fingerprint density at radius 3 is 2.48 bits per heavy atom. The molecule has 0 saturated heterocycles. The number of rotatable bonds is 7. The number of aryl methyl sites for hydroxylation is 1. The van der Waals surface area contributed by atoms with Gasteiger partial charge in [-0.3, -0.25) is 4.79 Å². The Balaban J connectivity index is 1.71. The van der Waals surface area contributed by atoms with Crippen molar-refractivity contribution >= 4 is 16.8 Å². The Morgan fingerprint density at radius 1 is 0.889 bits per heavy atom. The minimum atomic E-state index is 0.0194. The molecule has 0 bridgehead atoms. The zero-order valence-corrected chi connectivity index (χ0v) is 16.3. The molecule has 3 heteroatoms. The predicted octanol–water partition coefficient (Wildman–Crippen LogP) is 5.69. The molecule has 0 saturated carbocycles. The first-order valence-electron chi connectivity index (χ1n) is 10.2. The Morgan fingerprint density at radius 2 is 1.63 bits per heavy atom. The molecule has 1 aliphatic heterocycles. The van der Waals surface area contributed by atoms with Crippen molar-refractivity contribution in [3.8, 4) is 0 Å². The maximum atomic E-state index is 13.2. The van der Waals surface area contributed by atoms with Crippen LogP contribution in [0.1, 0.15) is 66.6 Å². The van der Waals surface area contributed by atoms with Crippen LogP contribution < -0.4 is 0 Å². The van der Waals surface area contributed by atoms with Crippen molar-refractivity contribution in [2.75, 3.05) is 6.54 Å². The first-order valence-corrected chi connectivity index (χ1v) is 10.2. The monoisotopic (exact) mass is 360 g/mol. The van der Waals surface area contributed by atoms with Crippen LogP contribution in [0, 0.1) is 0 Å². The second kappa shape index (κ2) is 7.59. The van der Waals surface area contributed by atoms with Gasteiger partial charge in [-0.1, -0.05) is 69.0 Å². The third-order valence-electron chi connectivity index (χ3n) is 5.78. The van der Waals surface area contributed by atoms with Crippen molar-refractivity contribution in [2.45, 2.75) is 45.1 Å². The predicted molar refractivity (Wildman–Crippen MR) is 111 cm³/mol. The van der Waals surface area contributed by atoms with E-state index >= 15 is 0 Å². The third kappa shape index (κ3) is 3.16. The number of unbranched alkanes of at least 4 members (excludes halogenated alkanes) is 4. The summed E-state index contributed by atoms with van der Waals surface area (Å²) < 4.78 is 2.18.